The van der Waals surface area contributed by atoms with Crippen LogP contribution in [0.4, 0.5) is 4.79 Å². The van der Waals surface area contributed by atoms with E-state index >= 15 is 0 Å². The van der Waals surface area contributed by atoms with E-state index in [0.29, 0.717) is 25.6 Å². The van der Waals surface area contributed by atoms with Gasteiger partial charge in [0.1, 0.15) is 5.60 Å². The molecule has 0 aliphatic rings. The van der Waals surface area contributed by atoms with Gasteiger partial charge in [0.2, 0.25) is 0 Å². The number of nitrogens with one attached hydrogen (secondary N) is 1. The van der Waals surface area contributed by atoms with Gasteiger partial charge < -0.3 is 20.7 Å². The highest BCUT2D eigenvalue weighted by molar-refractivity contribution is 5.78. The molecule has 0 aliphatic carbocycles. The van der Waals surface area contributed by atoms with Crippen molar-refractivity contribution in [2.75, 3.05) is 19.6 Å². The van der Waals surface area contributed by atoms with Crippen LogP contribution >= 0.6 is 0 Å². The highest BCUT2D eigenvalue weighted by Crippen LogP contribution is 2.10. The van der Waals surface area contributed by atoms with Crippen molar-refractivity contribution in [2.24, 2.45) is 10.7 Å². The standard InChI is InChI=1S/C15H32N4O2/c1-8-10-19(13(20)21-15(5,6)7)11-9-17-12(16)18-14(2,3)4/h8-11H2,1-7H3,(H3,16,17,18). The highest BCUT2D eigenvalue weighted by Gasteiger charge is 2.21. The molecule has 21 heavy (non-hydrogen) atoms. The molecule has 0 aromatic heterocycles. The molecule has 0 saturated heterocycles. The number of nitrogens with zero attached hydrogens (tertiary/aromatic N) is 2. The Kier molecular flexibility index (Phi) is 7.53. The summed E-state index contributed by atoms with van der Waals surface area (Å²) in [4.78, 5) is 18.0. The van der Waals surface area contributed by atoms with Gasteiger partial charge in [-0.3, -0.25) is 4.99 Å². The Morgan fingerprint density at radius 3 is 2.19 bits per heavy atom. The maximum absolute atomic E-state index is 12.1. The second-order valence-corrected chi connectivity index (χ2v) is 7.11. The van der Waals surface area contributed by atoms with E-state index < -0.39 is 5.60 Å². The number of aliphatic imine (C=N–C) groups is 1. The smallest absolute Gasteiger partial charge is 0.410 e. The zero-order chi connectivity index (χ0) is 16.7. The quantitative estimate of drug-likeness (QED) is 0.603. The van der Waals surface area contributed by atoms with Gasteiger partial charge in [-0.05, 0) is 48.0 Å². The molecule has 0 aromatic rings. The van der Waals surface area contributed by atoms with Crippen LogP contribution in [-0.4, -0.2) is 47.7 Å². The molecule has 0 spiro atoms. The predicted octanol–water partition coefficient (Wildman–Crippen LogP) is 2.34. The third-order valence-corrected chi connectivity index (χ3v) is 2.30. The molecule has 124 valence electrons. The molecule has 0 bridgehead atoms. The number of ether oxygens (including phenoxy) is 1. The van der Waals surface area contributed by atoms with Crippen molar-refractivity contribution >= 4 is 12.1 Å². The normalized spacial score (nSPS) is 13.0. The van der Waals surface area contributed by atoms with Crippen LogP contribution < -0.4 is 11.1 Å². The first kappa shape index (κ1) is 19.5. The first-order valence-electron chi connectivity index (χ1n) is 7.50. The van der Waals surface area contributed by atoms with E-state index in [-0.39, 0.29) is 11.6 Å². The molecule has 0 saturated carbocycles. The van der Waals surface area contributed by atoms with Gasteiger partial charge in [0.25, 0.3) is 0 Å². The van der Waals surface area contributed by atoms with E-state index in [0.717, 1.165) is 6.42 Å². The second kappa shape index (κ2) is 8.10. The fourth-order valence-electron chi connectivity index (χ4n) is 1.61. The lowest BCUT2D eigenvalue weighted by molar-refractivity contribution is 0.0256. The average molecular weight is 300 g/mol. The highest BCUT2D eigenvalue weighted by atomic mass is 16.6. The van der Waals surface area contributed by atoms with Gasteiger partial charge >= 0.3 is 6.09 Å². The minimum atomic E-state index is -0.487. The van der Waals surface area contributed by atoms with Crippen molar-refractivity contribution < 1.29 is 9.53 Å². The van der Waals surface area contributed by atoms with Gasteiger partial charge in [-0.1, -0.05) is 6.92 Å². The van der Waals surface area contributed by atoms with Gasteiger partial charge in [-0.2, -0.15) is 0 Å². The van der Waals surface area contributed by atoms with Crippen LogP contribution in [0, 0.1) is 0 Å². The molecule has 3 N–H and O–H groups in total. The summed E-state index contributed by atoms with van der Waals surface area (Å²) in [5.74, 6) is 0.392. The molecule has 0 aliphatic heterocycles. The number of hydrogen-bond acceptors (Lipinski definition) is 3. The second-order valence-electron chi connectivity index (χ2n) is 7.11. The fourth-order valence-corrected chi connectivity index (χ4v) is 1.61. The molecule has 6 heteroatoms. The van der Waals surface area contributed by atoms with Gasteiger partial charge in [0.05, 0.1) is 6.54 Å². The lowest BCUT2D eigenvalue weighted by Gasteiger charge is -2.27. The summed E-state index contributed by atoms with van der Waals surface area (Å²) < 4.78 is 5.38. The lowest BCUT2D eigenvalue weighted by atomic mass is 10.1. The summed E-state index contributed by atoms with van der Waals surface area (Å²) in [6.07, 6.45) is 0.570. The van der Waals surface area contributed by atoms with E-state index in [4.69, 9.17) is 10.5 Å². The van der Waals surface area contributed by atoms with E-state index in [1.54, 1.807) is 4.90 Å². The van der Waals surface area contributed by atoms with Crippen LogP contribution in [0.1, 0.15) is 54.9 Å². The Morgan fingerprint density at radius 1 is 1.19 bits per heavy atom. The summed E-state index contributed by atoms with van der Waals surface area (Å²) in [5, 5.41) is 3.09. The van der Waals surface area contributed by atoms with E-state index in [2.05, 4.69) is 10.3 Å². The minimum absolute atomic E-state index is 0.123. The van der Waals surface area contributed by atoms with Crippen molar-refractivity contribution in [2.45, 2.75) is 66.0 Å². The SMILES string of the molecule is CCCN(CCN=C(N)NC(C)(C)C)C(=O)OC(C)(C)C. The molecular formula is C15H32N4O2. The predicted molar refractivity (Wildman–Crippen MR) is 87.5 cm³/mol. The van der Waals surface area contributed by atoms with E-state index in [9.17, 15) is 4.79 Å². The zero-order valence-corrected chi connectivity index (χ0v) is 14.6. The molecule has 6 nitrogen and oxygen atoms in total. The van der Waals surface area contributed by atoms with Crippen LogP contribution in [0.25, 0.3) is 0 Å². The van der Waals surface area contributed by atoms with Crippen LogP contribution in [-0.2, 0) is 4.74 Å². The molecule has 0 atom stereocenters. The molecule has 0 fully saturated rings. The molecule has 0 aromatic carbocycles. The summed E-state index contributed by atoms with van der Waals surface area (Å²) >= 11 is 0. The number of carbonyl (C=O) groups excluding carboxylic acids is 1. The van der Waals surface area contributed by atoms with Crippen molar-refractivity contribution in [3.05, 3.63) is 0 Å². The first-order valence-corrected chi connectivity index (χ1v) is 7.50. The summed E-state index contributed by atoms with van der Waals surface area (Å²) in [5.41, 5.74) is 5.19. The molecule has 0 unspecified atom stereocenters. The third kappa shape index (κ3) is 10.9. The number of rotatable bonds is 5. The van der Waals surface area contributed by atoms with Crippen molar-refractivity contribution in [1.82, 2.24) is 10.2 Å². The lowest BCUT2D eigenvalue weighted by Crippen LogP contribution is -2.45. The third-order valence-electron chi connectivity index (χ3n) is 2.30. The topological polar surface area (TPSA) is 80.0 Å². The monoisotopic (exact) mass is 300 g/mol. The maximum atomic E-state index is 12.1. The summed E-state index contributed by atoms with van der Waals surface area (Å²) in [6.45, 7) is 15.2. The van der Waals surface area contributed by atoms with Crippen LogP contribution in [0.2, 0.25) is 0 Å². The van der Waals surface area contributed by atoms with Crippen LogP contribution in [0.5, 0.6) is 0 Å². The van der Waals surface area contributed by atoms with E-state index in [1.807, 2.05) is 48.5 Å². The molecular weight excluding hydrogens is 268 g/mol. The van der Waals surface area contributed by atoms with Gasteiger partial charge in [-0.15, -0.1) is 0 Å². The van der Waals surface area contributed by atoms with Crippen molar-refractivity contribution in [3.8, 4) is 0 Å². The molecule has 0 heterocycles. The Morgan fingerprint density at radius 2 is 1.76 bits per heavy atom. The Balaban J connectivity index is 4.46. The molecule has 1 amide bonds. The van der Waals surface area contributed by atoms with Crippen LogP contribution in [0.3, 0.4) is 0 Å². The summed E-state index contributed by atoms with van der Waals surface area (Å²) in [7, 11) is 0. The van der Waals surface area contributed by atoms with Crippen molar-refractivity contribution in [3.63, 3.8) is 0 Å². The molecule has 0 radical (unpaired) electrons. The number of nitrogens with two attached hydrogens (primary N) is 1. The zero-order valence-electron chi connectivity index (χ0n) is 14.6. The fraction of sp³-hybridized carbons (Fsp3) is 0.867. The van der Waals surface area contributed by atoms with Gasteiger partial charge in [-0.25, -0.2) is 4.79 Å². The first-order chi connectivity index (χ1) is 9.44. The Bertz CT molecular complexity index is 354. The van der Waals surface area contributed by atoms with Crippen LogP contribution in [0.15, 0.2) is 4.99 Å². The number of hydrogen-bond donors (Lipinski definition) is 2. The van der Waals surface area contributed by atoms with E-state index in [1.165, 1.54) is 0 Å². The molecule has 0 rings (SSSR count). The average Bonchev–Trinajstić information content (AvgIpc) is 2.22. The van der Waals surface area contributed by atoms with Crippen molar-refractivity contribution in [1.29, 1.82) is 0 Å². The van der Waals surface area contributed by atoms with Gasteiger partial charge in [0.15, 0.2) is 5.96 Å². The Labute approximate surface area is 129 Å². The minimum Gasteiger partial charge on any atom is -0.444 e. The number of guanidine groups is 1. The Hall–Kier alpha value is -1.46. The maximum Gasteiger partial charge on any atom is 0.410 e. The number of amides is 1. The van der Waals surface area contributed by atoms with Gasteiger partial charge in [0, 0.05) is 18.6 Å². The summed E-state index contributed by atoms with van der Waals surface area (Å²) in [6, 6.07) is 0. The number of carbonyl (C=O) groups is 1. The largest absolute Gasteiger partial charge is 0.444 e.